The summed E-state index contributed by atoms with van der Waals surface area (Å²) in [7, 11) is 1.68. The van der Waals surface area contributed by atoms with Crippen LogP contribution in [0.25, 0.3) is 0 Å². The number of hydrogen-bond donors (Lipinski definition) is 2. The highest BCUT2D eigenvalue weighted by Gasteiger charge is 2.28. The van der Waals surface area contributed by atoms with E-state index in [0.717, 1.165) is 9.37 Å². The van der Waals surface area contributed by atoms with Gasteiger partial charge in [0.25, 0.3) is 5.91 Å². The molecule has 0 spiro atoms. The van der Waals surface area contributed by atoms with E-state index in [1.807, 2.05) is 13.8 Å². The second kappa shape index (κ2) is 5.42. The first-order valence-electron chi connectivity index (χ1n) is 5.17. The minimum atomic E-state index is -0.594. The maximum absolute atomic E-state index is 12.3. The average Bonchev–Trinajstić information content (AvgIpc) is 2.30. The molecule has 0 fully saturated rings. The van der Waals surface area contributed by atoms with Gasteiger partial charge in [-0.2, -0.15) is 0 Å². The van der Waals surface area contributed by atoms with Gasteiger partial charge >= 0.3 is 0 Å². The summed E-state index contributed by atoms with van der Waals surface area (Å²) in [5.41, 5.74) is -0.0510. The number of thiol groups is 1. The third-order valence-electron chi connectivity index (χ3n) is 2.78. The topological polar surface area (TPSA) is 40.5 Å². The van der Waals surface area contributed by atoms with Crippen molar-refractivity contribution in [2.24, 2.45) is 0 Å². The van der Waals surface area contributed by atoms with Crippen molar-refractivity contribution in [2.75, 3.05) is 13.7 Å². The molecule has 0 unspecified atom stereocenters. The molecule has 0 saturated heterocycles. The molecule has 3 nitrogen and oxygen atoms in total. The molecule has 0 radical (unpaired) electrons. The summed E-state index contributed by atoms with van der Waals surface area (Å²) in [6, 6.07) is 5.30. The van der Waals surface area contributed by atoms with Crippen molar-refractivity contribution in [2.45, 2.75) is 24.3 Å². The summed E-state index contributed by atoms with van der Waals surface area (Å²) in [6.07, 6.45) is 0. The quantitative estimate of drug-likeness (QED) is 0.841. The van der Waals surface area contributed by atoms with Crippen LogP contribution < -0.4 is 0 Å². The van der Waals surface area contributed by atoms with Crippen molar-refractivity contribution >= 4 is 34.5 Å². The fourth-order valence-electron chi connectivity index (χ4n) is 1.24. The third kappa shape index (κ3) is 3.24. The van der Waals surface area contributed by atoms with E-state index in [0.29, 0.717) is 5.56 Å². The minimum absolute atomic E-state index is 0.0899. The molecule has 0 saturated carbocycles. The first-order chi connectivity index (χ1) is 7.79. The van der Waals surface area contributed by atoms with Crippen LogP contribution in [-0.2, 0) is 0 Å². The van der Waals surface area contributed by atoms with Gasteiger partial charge in [-0.05, 0) is 48.0 Å². The van der Waals surface area contributed by atoms with Crippen LogP contribution in [0.1, 0.15) is 24.2 Å². The molecular weight excluding hydrogens is 302 g/mol. The molecule has 0 heterocycles. The van der Waals surface area contributed by atoms with Gasteiger partial charge in [-0.25, -0.2) is 0 Å². The summed E-state index contributed by atoms with van der Waals surface area (Å²) in [6.45, 7) is 3.53. The van der Waals surface area contributed by atoms with Gasteiger partial charge in [0.1, 0.15) is 0 Å². The van der Waals surface area contributed by atoms with Gasteiger partial charge in [0.05, 0.1) is 17.7 Å². The second-order valence-corrected chi connectivity index (χ2v) is 5.87. The van der Waals surface area contributed by atoms with Crippen LogP contribution in [0.2, 0.25) is 0 Å². The maximum Gasteiger partial charge on any atom is 0.255 e. The lowest BCUT2D eigenvalue weighted by Gasteiger charge is -2.34. The SMILES string of the molecule is CN(C(=O)c1cc(S)ccc1Br)C(C)(C)CO. The van der Waals surface area contributed by atoms with Gasteiger partial charge in [-0.1, -0.05) is 0 Å². The van der Waals surface area contributed by atoms with Crippen LogP contribution in [0.5, 0.6) is 0 Å². The van der Waals surface area contributed by atoms with Crippen molar-refractivity contribution in [3.05, 3.63) is 28.2 Å². The predicted molar refractivity (Wildman–Crippen MR) is 74.7 cm³/mol. The molecule has 94 valence electrons. The lowest BCUT2D eigenvalue weighted by Crippen LogP contribution is -2.47. The number of hydrogen-bond acceptors (Lipinski definition) is 3. The molecule has 0 bridgehead atoms. The van der Waals surface area contributed by atoms with Crippen molar-refractivity contribution < 1.29 is 9.90 Å². The molecule has 17 heavy (non-hydrogen) atoms. The third-order valence-corrected chi connectivity index (χ3v) is 3.75. The molecule has 1 amide bonds. The maximum atomic E-state index is 12.3. The largest absolute Gasteiger partial charge is 0.394 e. The normalized spacial score (nSPS) is 11.4. The highest BCUT2D eigenvalue weighted by Crippen LogP contribution is 2.24. The number of carbonyl (C=O) groups is 1. The van der Waals surface area contributed by atoms with E-state index in [-0.39, 0.29) is 12.5 Å². The Labute approximate surface area is 115 Å². The lowest BCUT2D eigenvalue weighted by atomic mass is 10.0. The number of aliphatic hydroxyl groups is 1. The molecule has 1 N–H and O–H groups in total. The Hall–Kier alpha value is -0.520. The fourth-order valence-corrected chi connectivity index (χ4v) is 1.86. The predicted octanol–water partition coefficient (Wildman–Crippen LogP) is 2.58. The summed E-state index contributed by atoms with van der Waals surface area (Å²) in [5, 5.41) is 9.26. The molecule has 1 aromatic rings. The highest BCUT2D eigenvalue weighted by molar-refractivity contribution is 9.10. The average molecular weight is 318 g/mol. The molecule has 0 atom stereocenters. The summed E-state index contributed by atoms with van der Waals surface area (Å²) in [5.74, 6) is -0.146. The molecule has 0 aliphatic rings. The Morgan fingerprint density at radius 3 is 2.65 bits per heavy atom. The van der Waals surface area contributed by atoms with E-state index < -0.39 is 5.54 Å². The number of rotatable bonds is 3. The Morgan fingerprint density at radius 1 is 1.53 bits per heavy atom. The van der Waals surface area contributed by atoms with Crippen LogP contribution in [-0.4, -0.2) is 35.1 Å². The van der Waals surface area contributed by atoms with E-state index in [1.54, 1.807) is 25.2 Å². The highest BCUT2D eigenvalue weighted by atomic mass is 79.9. The first-order valence-corrected chi connectivity index (χ1v) is 6.41. The van der Waals surface area contributed by atoms with Crippen LogP contribution in [0.4, 0.5) is 0 Å². The van der Waals surface area contributed by atoms with E-state index >= 15 is 0 Å². The zero-order valence-electron chi connectivity index (χ0n) is 10.1. The van der Waals surface area contributed by atoms with E-state index in [9.17, 15) is 9.90 Å². The minimum Gasteiger partial charge on any atom is -0.394 e. The Morgan fingerprint density at radius 2 is 2.12 bits per heavy atom. The van der Waals surface area contributed by atoms with E-state index in [1.165, 1.54) is 4.90 Å². The molecule has 5 heteroatoms. The van der Waals surface area contributed by atoms with Crippen molar-refractivity contribution in [3.63, 3.8) is 0 Å². The molecule has 1 rings (SSSR count). The summed E-state index contributed by atoms with van der Waals surface area (Å²) >= 11 is 7.56. The summed E-state index contributed by atoms with van der Waals surface area (Å²) in [4.78, 5) is 14.5. The Kier molecular flexibility index (Phi) is 4.63. The van der Waals surface area contributed by atoms with E-state index in [2.05, 4.69) is 28.6 Å². The lowest BCUT2D eigenvalue weighted by molar-refractivity contribution is 0.0472. The monoisotopic (exact) mass is 317 g/mol. The Bertz CT molecular complexity index is 435. The zero-order chi connectivity index (χ0) is 13.2. The Balaban J connectivity index is 3.08. The van der Waals surface area contributed by atoms with Crippen molar-refractivity contribution in [1.82, 2.24) is 4.90 Å². The van der Waals surface area contributed by atoms with E-state index in [4.69, 9.17) is 0 Å². The van der Waals surface area contributed by atoms with Gasteiger partial charge in [0, 0.05) is 16.4 Å². The van der Waals surface area contributed by atoms with Gasteiger partial charge in [-0.3, -0.25) is 4.79 Å². The van der Waals surface area contributed by atoms with Gasteiger partial charge < -0.3 is 10.0 Å². The van der Waals surface area contributed by atoms with Crippen LogP contribution in [0.3, 0.4) is 0 Å². The first kappa shape index (κ1) is 14.5. The number of aliphatic hydroxyl groups excluding tert-OH is 1. The van der Waals surface area contributed by atoms with Crippen molar-refractivity contribution in [1.29, 1.82) is 0 Å². The second-order valence-electron chi connectivity index (χ2n) is 4.50. The van der Waals surface area contributed by atoms with Gasteiger partial charge in [0.2, 0.25) is 0 Å². The van der Waals surface area contributed by atoms with Gasteiger partial charge in [0.15, 0.2) is 0 Å². The smallest absolute Gasteiger partial charge is 0.255 e. The number of carbonyl (C=O) groups excluding carboxylic acids is 1. The van der Waals surface area contributed by atoms with Crippen LogP contribution in [0, 0.1) is 0 Å². The fraction of sp³-hybridized carbons (Fsp3) is 0.417. The zero-order valence-corrected chi connectivity index (χ0v) is 12.5. The van der Waals surface area contributed by atoms with Crippen LogP contribution >= 0.6 is 28.6 Å². The number of benzene rings is 1. The standard InChI is InChI=1S/C12H16BrNO2S/c1-12(2,7-15)14(3)11(16)9-6-8(17)4-5-10(9)13/h4-6,15,17H,7H2,1-3H3. The molecular formula is C12H16BrNO2S. The van der Waals surface area contributed by atoms with Crippen molar-refractivity contribution in [3.8, 4) is 0 Å². The molecule has 0 aliphatic carbocycles. The van der Waals surface area contributed by atoms with Gasteiger partial charge in [-0.15, -0.1) is 12.6 Å². The number of likely N-dealkylation sites (N-methyl/N-ethyl adjacent to an activating group) is 1. The number of halogens is 1. The van der Waals surface area contributed by atoms with Crippen LogP contribution in [0.15, 0.2) is 27.6 Å². The molecule has 0 aliphatic heterocycles. The summed E-state index contributed by atoms with van der Waals surface area (Å²) < 4.78 is 0.723. The number of amides is 1. The number of nitrogens with zero attached hydrogens (tertiary/aromatic N) is 1. The molecule has 1 aromatic carbocycles. The molecule has 0 aromatic heterocycles.